The van der Waals surface area contributed by atoms with Crippen LogP contribution in [0.3, 0.4) is 0 Å². The maximum atomic E-state index is 12.7. The van der Waals surface area contributed by atoms with E-state index in [-0.39, 0.29) is 12.2 Å². The van der Waals surface area contributed by atoms with Crippen LogP contribution in [-0.4, -0.2) is 9.78 Å². The van der Waals surface area contributed by atoms with Gasteiger partial charge in [-0.25, -0.2) is 9.07 Å². The zero-order valence-electron chi connectivity index (χ0n) is 8.19. The average molecular weight is 236 g/mol. The summed E-state index contributed by atoms with van der Waals surface area (Å²) in [7, 11) is 0. The van der Waals surface area contributed by atoms with Crippen molar-refractivity contribution >= 4 is 11.6 Å². The SMILES string of the molecule is N#CCc1cc(Cl)nn1-c1ccc(F)cc1. The fourth-order valence-corrected chi connectivity index (χ4v) is 1.60. The number of benzene rings is 1. The molecule has 2 rings (SSSR count). The minimum atomic E-state index is -0.316. The first kappa shape index (κ1) is 10.7. The fraction of sp³-hybridized carbons (Fsp3) is 0.0909. The largest absolute Gasteiger partial charge is 0.235 e. The summed E-state index contributed by atoms with van der Waals surface area (Å²) in [5.74, 6) is -0.316. The van der Waals surface area contributed by atoms with Crippen LogP contribution in [0, 0.1) is 17.1 Å². The molecule has 1 aromatic heterocycles. The number of nitrogens with zero attached hydrogens (tertiary/aromatic N) is 3. The van der Waals surface area contributed by atoms with Gasteiger partial charge < -0.3 is 0 Å². The van der Waals surface area contributed by atoms with E-state index in [2.05, 4.69) is 5.10 Å². The first-order chi connectivity index (χ1) is 7.70. The van der Waals surface area contributed by atoms with E-state index in [4.69, 9.17) is 16.9 Å². The summed E-state index contributed by atoms with van der Waals surface area (Å²) in [5.41, 5.74) is 1.36. The summed E-state index contributed by atoms with van der Waals surface area (Å²) < 4.78 is 14.3. The molecular formula is C11H7ClFN3. The minimum absolute atomic E-state index is 0.205. The van der Waals surface area contributed by atoms with Gasteiger partial charge in [-0.05, 0) is 30.3 Å². The second-order valence-corrected chi connectivity index (χ2v) is 3.57. The Morgan fingerprint density at radius 3 is 2.69 bits per heavy atom. The summed E-state index contributed by atoms with van der Waals surface area (Å²) in [5, 5.41) is 13.0. The molecule has 0 saturated carbocycles. The average Bonchev–Trinajstić information content (AvgIpc) is 2.61. The molecule has 80 valence electrons. The number of aromatic nitrogens is 2. The van der Waals surface area contributed by atoms with E-state index in [0.717, 1.165) is 0 Å². The third-order valence-electron chi connectivity index (χ3n) is 2.08. The Morgan fingerprint density at radius 2 is 2.06 bits per heavy atom. The molecule has 0 unspecified atom stereocenters. The van der Waals surface area contributed by atoms with Crippen molar-refractivity contribution in [2.45, 2.75) is 6.42 Å². The number of hydrogen-bond donors (Lipinski definition) is 0. The van der Waals surface area contributed by atoms with Crippen LogP contribution in [0.15, 0.2) is 30.3 Å². The molecule has 16 heavy (non-hydrogen) atoms. The molecular weight excluding hydrogens is 229 g/mol. The third kappa shape index (κ3) is 2.05. The highest BCUT2D eigenvalue weighted by atomic mass is 35.5. The molecule has 1 aromatic carbocycles. The van der Waals surface area contributed by atoms with Crippen LogP contribution in [0.5, 0.6) is 0 Å². The molecule has 0 atom stereocenters. The maximum absolute atomic E-state index is 12.7. The zero-order valence-corrected chi connectivity index (χ0v) is 8.95. The van der Waals surface area contributed by atoms with Crippen molar-refractivity contribution < 1.29 is 4.39 Å². The zero-order chi connectivity index (χ0) is 11.5. The predicted molar refractivity (Wildman–Crippen MR) is 57.8 cm³/mol. The molecule has 0 fully saturated rings. The van der Waals surface area contributed by atoms with Crippen LogP contribution in [0.25, 0.3) is 5.69 Å². The van der Waals surface area contributed by atoms with Gasteiger partial charge >= 0.3 is 0 Å². The Balaban J connectivity index is 2.47. The smallest absolute Gasteiger partial charge is 0.151 e. The van der Waals surface area contributed by atoms with Crippen LogP contribution in [0.4, 0.5) is 4.39 Å². The number of hydrogen-bond acceptors (Lipinski definition) is 2. The second-order valence-electron chi connectivity index (χ2n) is 3.18. The summed E-state index contributed by atoms with van der Waals surface area (Å²) in [4.78, 5) is 0. The molecule has 0 radical (unpaired) electrons. The molecule has 1 heterocycles. The molecule has 0 amide bonds. The lowest BCUT2D eigenvalue weighted by Gasteiger charge is -2.04. The molecule has 0 aliphatic rings. The lowest BCUT2D eigenvalue weighted by atomic mass is 10.3. The minimum Gasteiger partial charge on any atom is -0.235 e. The van der Waals surface area contributed by atoms with Crippen LogP contribution in [0.2, 0.25) is 5.15 Å². The number of halogens is 2. The predicted octanol–water partition coefficient (Wildman–Crippen LogP) is 2.73. The Kier molecular flexibility index (Phi) is 2.88. The summed E-state index contributed by atoms with van der Waals surface area (Å²) >= 11 is 5.77. The molecule has 0 spiro atoms. The van der Waals surface area contributed by atoms with Gasteiger partial charge in [-0.1, -0.05) is 11.6 Å². The monoisotopic (exact) mass is 235 g/mol. The van der Waals surface area contributed by atoms with Gasteiger partial charge in [0.05, 0.1) is 23.9 Å². The number of nitriles is 1. The molecule has 5 heteroatoms. The van der Waals surface area contributed by atoms with E-state index in [9.17, 15) is 4.39 Å². The van der Waals surface area contributed by atoms with Crippen LogP contribution >= 0.6 is 11.6 Å². The van der Waals surface area contributed by atoms with Gasteiger partial charge in [-0.15, -0.1) is 0 Å². The molecule has 2 aromatic rings. The number of rotatable bonds is 2. The molecule has 0 saturated heterocycles. The normalized spacial score (nSPS) is 10.1. The quantitative estimate of drug-likeness (QED) is 0.803. The van der Waals surface area contributed by atoms with Gasteiger partial charge in [0.15, 0.2) is 5.15 Å². The molecule has 0 N–H and O–H groups in total. The van der Waals surface area contributed by atoms with E-state index in [0.29, 0.717) is 16.5 Å². The third-order valence-corrected chi connectivity index (χ3v) is 2.27. The second kappa shape index (κ2) is 4.33. The van der Waals surface area contributed by atoms with Gasteiger partial charge in [0.2, 0.25) is 0 Å². The topological polar surface area (TPSA) is 41.6 Å². The summed E-state index contributed by atoms with van der Waals surface area (Å²) in [6, 6.07) is 9.48. The van der Waals surface area contributed by atoms with Crippen molar-refractivity contribution in [1.29, 1.82) is 5.26 Å². The fourth-order valence-electron chi connectivity index (χ4n) is 1.40. The summed E-state index contributed by atoms with van der Waals surface area (Å²) in [6.45, 7) is 0. The van der Waals surface area contributed by atoms with Crippen molar-refractivity contribution in [2.75, 3.05) is 0 Å². The first-order valence-electron chi connectivity index (χ1n) is 4.58. The van der Waals surface area contributed by atoms with Gasteiger partial charge in [-0.2, -0.15) is 10.4 Å². The van der Waals surface area contributed by atoms with Gasteiger partial charge in [0.1, 0.15) is 5.82 Å². The highest BCUT2D eigenvalue weighted by Crippen LogP contribution is 2.16. The van der Waals surface area contributed by atoms with E-state index in [1.807, 2.05) is 6.07 Å². The van der Waals surface area contributed by atoms with Crippen molar-refractivity contribution in [3.05, 3.63) is 47.0 Å². The highest BCUT2D eigenvalue weighted by Gasteiger charge is 2.07. The standard InChI is InChI=1S/C11H7ClFN3/c12-11-7-10(5-6-14)16(15-11)9-3-1-8(13)2-4-9/h1-4,7H,5H2. The molecule has 0 bridgehead atoms. The molecule has 0 aliphatic heterocycles. The Hall–Kier alpha value is -1.86. The van der Waals surface area contributed by atoms with Crippen molar-refractivity contribution in [2.24, 2.45) is 0 Å². The van der Waals surface area contributed by atoms with Crippen molar-refractivity contribution in [3.8, 4) is 11.8 Å². The van der Waals surface area contributed by atoms with Gasteiger partial charge in [0.25, 0.3) is 0 Å². The van der Waals surface area contributed by atoms with Crippen molar-refractivity contribution in [3.63, 3.8) is 0 Å². The highest BCUT2D eigenvalue weighted by molar-refractivity contribution is 6.29. The van der Waals surface area contributed by atoms with Crippen molar-refractivity contribution in [1.82, 2.24) is 9.78 Å². The first-order valence-corrected chi connectivity index (χ1v) is 4.96. The Bertz CT molecular complexity index is 539. The molecule has 3 nitrogen and oxygen atoms in total. The lowest BCUT2D eigenvalue weighted by Crippen LogP contribution is -2.01. The van der Waals surface area contributed by atoms with E-state index >= 15 is 0 Å². The Labute approximate surface area is 96.7 Å². The van der Waals surface area contributed by atoms with Gasteiger partial charge in [0, 0.05) is 0 Å². The van der Waals surface area contributed by atoms with E-state index in [1.165, 1.54) is 16.8 Å². The summed E-state index contributed by atoms with van der Waals surface area (Å²) in [6.07, 6.45) is 0.205. The van der Waals surface area contributed by atoms with E-state index in [1.54, 1.807) is 18.2 Å². The van der Waals surface area contributed by atoms with Crippen LogP contribution in [-0.2, 0) is 6.42 Å². The lowest BCUT2D eigenvalue weighted by molar-refractivity contribution is 0.627. The van der Waals surface area contributed by atoms with Crippen LogP contribution in [0.1, 0.15) is 5.69 Å². The van der Waals surface area contributed by atoms with E-state index < -0.39 is 0 Å². The Morgan fingerprint density at radius 1 is 1.38 bits per heavy atom. The maximum Gasteiger partial charge on any atom is 0.151 e. The van der Waals surface area contributed by atoms with Gasteiger partial charge in [-0.3, -0.25) is 0 Å². The van der Waals surface area contributed by atoms with Crippen LogP contribution < -0.4 is 0 Å². The molecule has 0 aliphatic carbocycles.